The highest BCUT2D eigenvalue weighted by Gasteiger charge is 2.40. The number of hydrogen-bond donors (Lipinski definition) is 1. The van der Waals surface area contributed by atoms with Gasteiger partial charge in [0.25, 0.3) is 0 Å². The van der Waals surface area contributed by atoms with Crippen molar-refractivity contribution in [2.24, 2.45) is 11.3 Å². The molecular formula is C18H29NO2. The van der Waals surface area contributed by atoms with Crippen molar-refractivity contribution in [3.05, 3.63) is 30.3 Å². The van der Waals surface area contributed by atoms with Crippen LogP contribution < -0.4 is 10.1 Å². The first-order valence-electron chi connectivity index (χ1n) is 8.12. The lowest BCUT2D eigenvalue weighted by Crippen LogP contribution is -2.35. The predicted molar refractivity (Wildman–Crippen MR) is 86.7 cm³/mol. The summed E-state index contributed by atoms with van der Waals surface area (Å²) in [6.07, 6.45) is 5.13. The topological polar surface area (TPSA) is 30.5 Å². The van der Waals surface area contributed by atoms with Gasteiger partial charge in [-0.15, -0.1) is 0 Å². The lowest BCUT2D eigenvalue weighted by molar-refractivity contribution is 0.176. The zero-order valence-electron chi connectivity index (χ0n) is 13.4. The summed E-state index contributed by atoms with van der Waals surface area (Å²) in [4.78, 5) is 0. The van der Waals surface area contributed by atoms with Gasteiger partial charge in [-0.25, -0.2) is 0 Å². The summed E-state index contributed by atoms with van der Waals surface area (Å²) in [6.45, 7) is 6.06. The van der Waals surface area contributed by atoms with Crippen LogP contribution in [0.25, 0.3) is 0 Å². The molecule has 1 aliphatic rings. The van der Waals surface area contributed by atoms with Crippen LogP contribution in [-0.2, 0) is 4.74 Å². The number of methoxy groups -OCH3 is 1. The number of para-hydroxylation sites is 1. The van der Waals surface area contributed by atoms with Gasteiger partial charge in [0, 0.05) is 20.2 Å². The number of rotatable bonds is 11. The Hall–Kier alpha value is -1.06. The summed E-state index contributed by atoms with van der Waals surface area (Å²) in [6, 6.07) is 10.1. The maximum atomic E-state index is 5.80. The normalized spacial score (nSPS) is 17.4. The van der Waals surface area contributed by atoms with Gasteiger partial charge in [-0.05, 0) is 49.1 Å². The first-order chi connectivity index (χ1) is 10.2. The Labute approximate surface area is 129 Å². The van der Waals surface area contributed by atoms with Crippen molar-refractivity contribution in [3.63, 3.8) is 0 Å². The minimum Gasteiger partial charge on any atom is -0.494 e. The fraction of sp³-hybridized carbons (Fsp3) is 0.667. The molecule has 21 heavy (non-hydrogen) atoms. The van der Waals surface area contributed by atoms with E-state index in [1.165, 1.54) is 19.3 Å². The first kappa shape index (κ1) is 16.3. The number of hydrogen-bond acceptors (Lipinski definition) is 3. The Morgan fingerprint density at radius 2 is 1.95 bits per heavy atom. The number of nitrogens with one attached hydrogen (secondary N) is 1. The van der Waals surface area contributed by atoms with Gasteiger partial charge in [0.05, 0.1) is 13.2 Å². The van der Waals surface area contributed by atoms with Gasteiger partial charge < -0.3 is 14.8 Å². The number of ether oxygens (including phenoxy) is 2. The Morgan fingerprint density at radius 3 is 2.62 bits per heavy atom. The molecule has 0 aromatic heterocycles. The molecule has 0 amide bonds. The average molecular weight is 291 g/mol. The van der Waals surface area contributed by atoms with E-state index < -0.39 is 0 Å². The largest absolute Gasteiger partial charge is 0.494 e. The molecule has 3 heteroatoms. The second-order valence-corrected chi connectivity index (χ2v) is 6.36. The van der Waals surface area contributed by atoms with Crippen molar-refractivity contribution in [3.8, 4) is 5.75 Å². The zero-order chi connectivity index (χ0) is 15.0. The molecule has 0 aliphatic heterocycles. The van der Waals surface area contributed by atoms with Crippen LogP contribution in [0.5, 0.6) is 5.75 Å². The summed E-state index contributed by atoms with van der Waals surface area (Å²) in [5.41, 5.74) is 0.411. The molecule has 0 saturated heterocycles. The molecule has 0 spiro atoms. The third-order valence-electron chi connectivity index (χ3n) is 4.48. The van der Waals surface area contributed by atoms with E-state index in [0.717, 1.165) is 44.4 Å². The Morgan fingerprint density at radius 1 is 1.19 bits per heavy atom. The van der Waals surface area contributed by atoms with Crippen LogP contribution in [0.3, 0.4) is 0 Å². The Kier molecular flexibility index (Phi) is 6.52. The maximum absolute atomic E-state index is 5.80. The lowest BCUT2D eigenvalue weighted by Gasteiger charge is -2.30. The van der Waals surface area contributed by atoms with Gasteiger partial charge in [-0.1, -0.05) is 25.1 Å². The predicted octanol–water partition coefficient (Wildman–Crippen LogP) is 3.50. The fourth-order valence-corrected chi connectivity index (χ4v) is 2.95. The van der Waals surface area contributed by atoms with Crippen LogP contribution in [-0.4, -0.2) is 33.4 Å². The van der Waals surface area contributed by atoms with Gasteiger partial charge in [0.2, 0.25) is 0 Å². The van der Waals surface area contributed by atoms with Crippen molar-refractivity contribution in [2.75, 3.05) is 33.4 Å². The molecular weight excluding hydrogens is 262 g/mol. The summed E-state index contributed by atoms with van der Waals surface area (Å²) in [5.74, 6) is 1.87. The van der Waals surface area contributed by atoms with Gasteiger partial charge in [-0.2, -0.15) is 0 Å². The van der Waals surface area contributed by atoms with Crippen molar-refractivity contribution in [2.45, 2.75) is 32.6 Å². The van der Waals surface area contributed by atoms with Gasteiger partial charge in [0.1, 0.15) is 5.75 Å². The van der Waals surface area contributed by atoms with Crippen LogP contribution >= 0.6 is 0 Å². The van der Waals surface area contributed by atoms with E-state index in [1.807, 2.05) is 30.3 Å². The molecule has 1 aromatic carbocycles. The highest BCUT2D eigenvalue weighted by atomic mass is 16.5. The molecule has 1 saturated carbocycles. The van der Waals surface area contributed by atoms with Crippen LogP contribution in [0.2, 0.25) is 0 Å². The molecule has 0 heterocycles. The highest BCUT2D eigenvalue weighted by molar-refractivity contribution is 5.20. The smallest absolute Gasteiger partial charge is 0.119 e. The van der Waals surface area contributed by atoms with E-state index >= 15 is 0 Å². The Balaban J connectivity index is 1.67. The second kappa shape index (κ2) is 8.40. The van der Waals surface area contributed by atoms with Crippen molar-refractivity contribution >= 4 is 0 Å². The molecule has 1 N–H and O–H groups in total. The van der Waals surface area contributed by atoms with Crippen molar-refractivity contribution < 1.29 is 9.47 Å². The molecule has 0 bridgehead atoms. The van der Waals surface area contributed by atoms with E-state index in [1.54, 1.807) is 7.11 Å². The SMILES string of the molecule is COCCNCC(C)(CCCOc1ccccc1)C1CC1. The summed E-state index contributed by atoms with van der Waals surface area (Å²) in [5, 5.41) is 3.54. The molecule has 1 aromatic rings. The maximum Gasteiger partial charge on any atom is 0.119 e. The van der Waals surface area contributed by atoms with E-state index in [4.69, 9.17) is 9.47 Å². The van der Waals surface area contributed by atoms with Crippen molar-refractivity contribution in [1.82, 2.24) is 5.32 Å². The zero-order valence-corrected chi connectivity index (χ0v) is 13.4. The lowest BCUT2D eigenvalue weighted by atomic mass is 9.80. The first-order valence-corrected chi connectivity index (χ1v) is 8.12. The summed E-state index contributed by atoms with van der Waals surface area (Å²) in [7, 11) is 1.75. The van der Waals surface area contributed by atoms with Crippen LogP contribution in [0, 0.1) is 11.3 Å². The number of benzene rings is 1. The monoisotopic (exact) mass is 291 g/mol. The molecule has 2 rings (SSSR count). The van der Waals surface area contributed by atoms with Gasteiger partial charge in [0.15, 0.2) is 0 Å². The third-order valence-corrected chi connectivity index (χ3v) is 4.48. The molecule has 1 fully saturated rings. The quantitative estimate of drug-likeness (QED) is 0.633. The molecule has 3 nitrogen and oxygen atoms in total. The van der Waals surface area contributed by atoms with Gasteiger partial charge in [-0.3, -0.25) is 0 Å². The average Bonchev–Trinajstić information content (AvgIpc) is 3.35. The standard InChI is InChI=1S/C18H29NO2/c1-18(16-9-10-16,15-19-12-14-20-2)11-6-13-21-17-7-4-3-5-8-17/h3-5,7-8,16,19H,6,9-15H2,1-2H3. The summed E-state index contributed by atoms with van der Waals surface area (Å²) < 4.78 is 10.9. The van der Waals surface area contributed by atoms with Crippen LogP contribution in [0.4, 0.5) is 0 Å². The minimum absolute atomic E-state index is 0.411. The van der Waals surface area contributed by atoms with Crippen LogP contribution in [0.15, 0.2) is 30.3 Å². The highest BCUT2D eigenvalue weighted by Crippen LogP contribution is 2.47. The third kappa shape index (κ3) is 5.68. The van der Waals surface area contributed by atoms with Crippen molar-refractivity contribution in [1.29, 1.82) is 0 Å². The van der Waals surface area contributed by atoms with E-state index in [-0.39, 0.29) is 0 Å². The Bertz CT molecular complexity index is 391. The molecule has 118 valence electrons. The van der Waals surface area contributed by atoms with E-state index in [9.17, 15) is 0 Å². The molecule has 1 unspecified atom stereocenters. The van der Waals surface area contributed by atoms with Crippen LogP contribution in [0.1, 0.15) is 32.6 Å². The van der Waals surface area contributed by atoms with Gasteiger partial charge >= 0.3 is 0 Å². The molecule has 1 aliphatic carbocycles. The van der Waals surface area contributed by atoms with E-state index in [0.29, 0.717) is 5.41 Å². The molecule has 0 radical (unpaired) electrons. The minimum atomic E-state index is 0.411. The fourth-order valence-electron chi connectivity index (χ4n) is 2.95. The second-order valence-electron chi connectivity index (χ2n) is 6.36. The summed E-state index contributed by atoms with van der Waals surface area (Å²) >= 11 is 0. The molecule has 1 atom stereocenters. The van der Waals surface area contributed by atoms with E-state index in [2.05, 4.69) is 12.2 Å².